The number of nitrogens with zero attached hydrogens (tertiary/aromatic N) is 4. The van der Waals surface area contributed by atoms with Gasteiger partial charge in [0, 0.05) is 19.6 Å². The van der Waals surface area contributed by atoms with E-state index in [9.17, 15) is 14.7 Å². The molecule has 3 heterocycles. The average molecular weight is 279 g/mol. The van der Waals surface area contributed by atoms with Crippen molar-refractivity contribution >= 4 is 11.9 Å². The average Bonchev–Trinajstić information content (AvgIpc) is 2.93. The zero-order valence-corrected chi connectivity index (χ0v) is 11.2. The van der Waals surface area contributed by atoms with Gasteiger partial charge in [0.25, 0.3) is 5.91 Å². The summed E-state index contributed by atoms with van der Waals surface area (Å²) in [6, 6.07) is -0.533. The normalized spacial score (nSPS) is 26.6. The molecule has 2 N–H and O–H groups in total. The van der Waals surface area contributed by atoms with Crippen molar-refractivity contribution in [3.8, 4) is 0 Å². The zero-order chi connectivity index (χ0) is 14.3. The Morgan fingerprint density at radius 1 is 1.45 bits per heavy atom. The van der Waals surface area contributed by atoms with Gasteiger partial charge in [-0.25, -0.2) is 9.48 Å². The van der Waals surface area contributed by atoms with Crippen LogP contribution in [0.15, 0.2) is 6.20 Å². The van der Waals surface area contributed by atoms with Crippen LogP contribution in [0.3, 0.4) is 0 Å². The molecule has 1 aromatic heterocycles. The first-order valence-corrected chi connectivity index (χ1v) is 6.74. The van der Waals surface area contributed by atoms with Crippen molar-refractivity contribution in [2.75, 3.05) is 19.6 Å². The maximum absolute atomic E-state index is 12.4. The summed E-state index contributed by atoms with van der Waals surface area (Å²) in [6.45, 7) is 3.93. The van der Waals surface area contributed by atoms with Gasteiger partial charge in [0.15, 0.2) is 5.69 Å². The van der Waals surface area contributed by atoms with Gasteiger partial charge in [0.1, 0.15) is 6.04 Å². The predicted molar refractivity (Wildman–Crippen MR) is 68.2 cm³/mol. The van der Waals surface area contributed by atoms with Gasteiger partial charge in [-0.05, 0) is 12.3 Å². The number of likely N-dealkylation sites (tertiary alicyclic amines) is 1. The number of aromatic nitrogens is 3. The smallest absolute Gasteiger partial charge is 0.326 e. The summed E-state index contributed by atoms with van der Waals surface area (Å²) in [5.74, 6) is -1.35. The van der Waals surface area contributed by atoms with E-state index in [4.69, 9.17) is 0 Å². The molecule has 2 aliphatic heterocycles. The van der Waals surface area contributed by atoms with Crippen LogP contribution in [0.5, 0.6) is 0 Å². The molecule has 0 aliphatic carbocycles. The molecule has 0 spiro atoms. The second-order valence-corrected chi connectivity index (χ2v) is 5.44. The molecule has 2 aliphatic rings. The summed E-state index contributed by atoms with van der Waals surface area (Å²) >= 11 is 0. The summed E-state index contributed by atoms with van der Waals surface area (Å²) in [6.07, 6.45) is 2.30. The van der Waals surface area contributed by atoms with E-state index < -0.39 is 12.0 Å². The first-order valence-electron chi connectivity index (χ1n) is 6.74. The zero-order valence-electron chi connectivity index (χ0n) is 11.2. The van der Waals surface area contributed by atoms with Crippen LogP contribution in [0.1, 0.15) is 29.9 Å². The molecular weight excluding hydrogens is 262 g/mol. The van der Waals surface area contributed by atoms with E-state index in [1.54, 1.807) is 10.9 Å². The maximum Gasteiger partial charge on any atom is 0.326 e. The molecule has 8 nitrogen and oxygen atoms in total. The van der Waals surface area contributed by atoms with Crippen LogP contribution in [0.25, 0.3) is 0 Å². The Hall–Kier alpha value is -1.96. The highest BCUT2D eigenvalue weighted by molar-refractivity contribution is 5.95. The molecule has 1 aromatic rings. The molecule has 2 saturated heterocycles. The molecule has 8 heteroatoms. The number of carboxylic acids is 1. The number of nitrogens with one attached hydrogen (secondary N) is 1. The highest BCUT2D eigenvalue weighted by Gasteiger charge is 2.40. The van der Waals surface area contributed by atoms with Gasteiger partial charge >= 0.3 is 5.97 Å². The summed E-state index contributed by atoms with van der Waals surface area (Å²) in [5.41, 5.74) is 0.220. The predicted octanol–water partition coefficient (Wildman–Crippen LogP) is -0.642. The lowest BCUT2D eigenvalue weighted by Gasteiger charge is -2.26. The van der Waals surface area contributed by atoms with Crippen LogP contribution in [-0.2, 0) is 4.79 Å². The summed E-state index contributed by atoms with van der Waals surface area (Å²) in [7, 11) is 0. The van der Waals surface area contributed by atoms with Crippen molar-refractivity contribution in [2.45, 2.75) is 25.4 Å². The van der Waals surface area contributed by atoms with Crippen LogP contribution in [0.4, 0.5) is 0 Å². The number of carbonyl (C=O) groups is 2. The Bertz CT molecular complexity index is 539. The van der Waals surface area contributed by atoms with Crippen LogP contribution >= 0.6 is 0 Å². The van der Waals surface area contributed by atoms with E-state index in [1.807, 2.05) is 6.92 Å². The molecule has 1 amide bonds. The van der Waals surface area contributed by atoms with Crippen LogP contribution < -0.4 is 5.32 Å². The monoisotopic (exact) mass is 279 g/mol. The Morgan fingerprint density at radius 2 is 2.20 bits per heavy atom. The molecule has 0 radical (unpaired) electrons. The molecule has 2 atom stereocenters. The quantitative estimate of drug-likeness (QED) is 0.763. The van der Waals surface area contributed by atoms with E-state index in [0.29, 0.717) is 13.0 Å². The van der Waals surface area contributed by atoms with Crippen molar-refractivity contribution < 1.29 is 14.7 Å². The van der Waals surface area contributed by atoms with E-state index in [2.05, 4.69) is 15.6 Å². The van der Waals surface area contributed by atoms with Gasteiger partial charge in [-0.15, -0.1) is 5.10 Å². The van der Waals surface area contributed by atoms with Crippen LogP contribution in [-0.4, -0.2) is 62.6 Å². The van der Waals surface area contributed by atoms with E-state index in [1.165, 1.54) is 4.90 Å². The molecule has 2 unspecified atom stereocenters. The van der Waals surface area contributed by atoms with Crippen LogP contribution in [0.2, 0.25) is 0 Å². The molecule has 0 bridgehead atoms. The third-order valence-corrected chi connectivity index (χ3v) is 4.08. The topological polar surface area (TPSA) is 100 Å². The fraction of sp³-hybridized carbons (Fsp3) is 0.667. The molecular formula is C12H17N5O3. The number of carboxylic acid groups (broad SMARTS) is 1. The fourth-order valence-corrected chi connectivity index (χ4v) is 2.71. The van der Waals surface area contributed by atoms with Crippen molar-refractivity contribution in [2.24, 2.45) is 5.92 Å². The van der Waals surface area contributed by atoms with E-state index in [0.717, 1.165) is 13.1 Å². The van der Waals surface area contributed by atoms with Gasteiger partial charge in [0.05, 0.1) is 12.2 Å². The molecule has 0 aromatic carbocycles. The van der Waals surface area contributed by atoms with E-state index in [-0.39, 0.29) is 23.6 Å². The second-order valence-electron chi connectivity index (χ2n) is 5.44. The number of amides is 1. The van der Waals surface area contributed by atoms with Crippen molar-refractivity contribution in [3.05, 3.63) is 11.9 Å². The van der Waals surface area contributed by atoms with Crippen LogP contribution in [0, 0.1) is 5.92 Å². The standard InChI is InChI=1S/C12H17N5O3/c1-7-2-3-16(10(7)12(19)20)11(18)9-6-17(15-14-9)8-4-13-5-8/h6-8,10,13H,2-5H2,1H3,(H,19,20). The van der Waals surface area contributed by atoms with E-state index >= 15 is 0 Å². The molecule has 108 valence electrons. The molecule has 2 fully saturated rings. The highest BCUT2D eigenvalue weighted by Crippen LogP contribution is 2.25. The minimum absolute atomic E-state index is 0.0395. The molecule has 0 saturated carbocycles. The SMILES string of the molecule is CC1CCN(C(=O)c2cn(C3CNC3)nn2)C1C(=O)O. The highest BCUT2D eigenvalue weighted by atomic mass is 16.4. The van der Waals surface area contributed by atoms with Crippen molar-refractivity contribution in [1.29, 1.82) is 0 Å². The minimum Gasteiger partial charge on any atom is -0.480 e. The minimum atomic E-state index is -0.959. The third kappa shape index (κ3) is 2.05. The Balaban J connectivity index is 1.77. The number of hydrogen-bond acceptors (Lipinski definition) is 5. The van der Waals surface area contributed by atoms with Crippen molar-refractivity contribution in [1.82, 2.24) is 25.2 Å². The fourth-order valence-electron chi connectivity index (χ4n) is 2.71. The van der Waals surface area contributed by atoms with Gasteiger partial charge < -0.3 is 15.3 Å². The molecule has 3 rings (SSSR count). The Kier molecular flexibility index (Phi) is 3.17. The second kappa shape index (κ2) is 4.86. The third-order valence-electron chi connectivity index (χ3n) is 4.08. The lowest BCUT2D eigenvalue weighted by molar-refractivity contribution is -0.142. The number of carbonyl (C=O) groups excluding carboxylic acids is 1. The Labute approximate surface area is 115 Å². The van der Waals surface area contributed by atoms with Gasteiger partial charge in [-0.2, -0.15) is 0 Å². The largest absolute Gasteiger partial charge is 0.480 e. The molecule has 20 heavy (non-hydrogen) atoms. The maximum atomic E-state index is 12.4. The summed E-state index contributed by atoms with van der Waals surface area (Å²) in [5, 5.41) is 20.2. The first-order chi connectivity index (χ1) is 9.58. The van der Waals surface area contributed by atoms with Gasteiger partial charge in [-0.1, -0.05) is 12.1 Å². The van der Waals surface area contributed by atoms with Crippen molar-refractivity contribution in [3.63, 3.8) is 0 Å². The Morgan fingerprint density at radius 3 is 2.80 bits per heavy atom. The first kappa shape index (κ1) is 13.0. The summed E-state index contributed by atoms with van der Waals surface area (Å²) in [4.78, 5) is 25.1. The number of aliphatic carboxylic acids is 1. The van der Waals surface area contributed by atoms with Gasteiger partial charge in [-0.3, -0.25) is 4.79 Å². The van der Waals surface area contributed by atoms with Gasteiger partial charge in [0.2, 0.25) is 0 Å². The lowest BCUT2D eigenvalue weighted by atomic mass is 10.0. The lowest BCUT2D eigenvalue weighted by Crippen LogP contribution is -2.44. The number of rotatable bonds is 3. The number of hydrogen-bond donors (Lipinski definition) is 2. The summed E-state index contributed by atoms with van der Waals surface area (Å²) < 4.78 is 1.67.